The molecule has 2 aromatic rings. The molecule has 1 aromatic heterocycles. The molecule has 0 bridgehead atoms. The third-order valence-corrected chi connectivity index (χ3v) is 8.72. The van der Waals surface area contributed by atoms with E-state index in [1.54, 1.807) is 0 Å². The first kappa shape index (κ1) is 27.1. The Hall–Kier alpha value is -2.45. The van der Waals surface area contributed by atoms with E-state index in [-0.39, 0.29) is 5.41 Å². The molecule has 0 saturated carbocycles. The normalized spacial score (nSPS) is 23.9. The van der Waals surface area contributed by atoms with Gasteiger partial charge in [0.1, 0.15) is 11.6 Å². The third-order valence-electron chi connectivity index (χ3n) is 8.47. The predicted molar refractivity (Wildman–Crippen MR) is 160 cm³/mol. The number of nitrogens with one attached hydrogen (secondary N) is 2. The van der Waals surface area contributed by atoms with Crippen molar-refractivity contribution in [3.63, 3.8) is 0 Å². The molecule has 3 aliphatic rings. The molecule has 0 radical (unpaired) electrons. The number of thiocarbonyl (C=S) groups is 1. The van der Waals surface area contributed by atoms with Gasteiger partial charge in [0, 0.05) is 57.4 Å². The van der Waals surface area contributed by atoms with Crippen LogP contribution in [-0.2, 0) is 10.2 Å². The summed E-state index contributed by atoms with van der Waals surface area (Å²) < 4.78 is 5.71. The van der Waals surface area contributed by atoms with Gasteiger partial charge in [-0.05, 0) is 61.7 Å². The number of benzene rings is 1. The van der Waals surface area contributed by atoms with Gasteiger partial charge < -0.3 is 25.2 Å². The fraction of sp³-hybridized carbons (Fsp3) is 0.633. The highest BCUT2D eigenvalue weighted by molar-refractivity contribution is 7.80. The van der Waals surface area contributed by atoms with E-state index >= 15 is 0 Å². The largest absolute Gasteiger partial charge is 0.381 e. The maximum Gasteiger partial charge on any atom is 0.232 e. The summed E-state index contributed by atoms with van der Waals surface area (Å²) in [6, 6.07) is 13.0. The van der Waals surface area contributed by atoms with Crippen LogP contribution in [0.4, 0.5) is 17.6 Å². The molecular weight excluding hydrogens is 492 g/mol. The van der Waals surface area contributed by atoms with Crippen LogP contribution in [0.5, 0.6) is 0 Å². The predicted octanol–water partition coefficient (Wildman–Crippen LogP) is 5.37. The molecule has 5 rings (SSSR count). The molecule has 1 aromatic carbocycles. The van der Waals surface area contributed by atoms with E-state index in [4.69, 9.17) is 26.9 Å². The van der Waals surface area contributed by atoms with Crippen molar-refractivity contribution in [2.24, 2.45) is 11.8 Å². The molecule has 8 heteroatoms. The molecular formula is C30H44N6OS. The smallest absolute Gasteiger partial charge is 0.232 e. The Morgan fingerprint density at radius 1 is 0.947 bits per heavy atom. The molecule has 0 spiro atoms. The maximum atomic E-state index is 5.80. The van der Waals surface area contributed by atoms with E-state index in [9.17, 15) is 0 Å². The molecule has 206 valence electrons. The van der Waals surface area contributed by atoms with E-state index < -0.39 is 0 Å². The molecule has 3 aliphatic heterocycles. The Kier molecular flexibility index (Phi) is 9.00. The number of piperidine rings is 1. The van der Waals surface area contributed by atoms with Gasteiger partial charge in [-0.2, -0.15) is 9.97 Å². The summed E-state index contributed by atoms with van der Waals surface area (Å²) in [6.45, 7) is 11.1. The number of hydrogen-bond donors (Lipinski definition) is 2. The van der Waals surface area contributed by atoms with Crippen molar-refractivity contribution >= 4 is 34.9 Å². The summed E-state index contributed by atoms with van der Waals surface area (Å²) in [7, 11) is 0. The van der Waals surface area contributed by atoms with Crippen molar-refractivity contribution in [2.75, 3.05) is 61.1 Å². The van der Waals surface area contributed by atoms with Crippen molar-refractivity contribution in [1.29, 1.82) is 0 Å². The second kappa shape index (κ2) is 12.6. The second-order valence-electron chi connectivity index (χ2n) is 11.7. The first-order valence-electron chi connectivity index (χ1n) is 14.6. The minimum Gasteiger partial charge on any atom is -0.381 e. The lowest BCUT2D eigenvalue weighted by Crippen LogP contribution is -2.45. The van der Waals surface area contributed by atoms with E-state index in [2.05, 4.69) is 70.7 Å². The lowest BCUT2D eigenvalue weighted by Gasteiger charge is -2.38. The molecule has 38 heavy (non-hydrogen) atoms. The van der Waals surface area contributed by atoms with Crippen LogP contribution in [0.25, 0.3) is 0 Å². The van der Waals surface area contributed by atoms with Crippen molar-refractivity contribution in [3.8, 4) is 0 Å². The van der Waals surface area contributed by atoms with Gasteiger partial charge in [0.05, 0.1) is 0 Å². The average molecular weight is 537 g/mol. The van der Waals surface area contributed by atoms with Gasteiger partial charge in [0.15, 0.2) is 5.11 Å². The van der Waals surface area contributed by atoms with Crippen LogP contribution in [0.1, 0.15) is 64.4 Å². The summed E-state index contributed by atoms with van der Waals surface area (Å²) in [5.41, 5.74) is 1.35. The molecule has 7 nitrogen and oxygen atoms in total. The fourth-order valence-electron chi connectivity index (χ4n) is 6.47. The average Bonchev–Trinajstić information content (AvgIpc) is 3.22. The number of nitrogens with zero attached hydrogens (tertiary/aromatic N) is 4. The Bertz CT molecular complexity index is 1040. The number of rotatable bonds is 6. The minimum absolute atomic E-state index is 0.00520. The molecule has 4 heterocycles. The standard InChI is InChI=1S/C30H44N6OS/c1-23-18-24(2)21-36(20-23)27-19-26(35-14-8-3-4-9-15-35)32-28(33-27)34-29(38)31-22-30(12-16-37-17-13-30)25-10-6-5-7-11-25/h5-7,10-11,19,23-24H,3-4,8-9,12-18,20-22H2,1-2H3,(H2,31,32,33,34,38)/t23-,24-/m0/s1. The molecule has 2 atom stereocenters. The SMILES string of the molecule is C[C@H]1C[C@H](C)CN(c2cc(N3CCCCCC3)nc(NC(=S)NCC3(c4ccccc4)CCOCC3)n2)C1. The molecule has 2 N–H and O–H groups in total. The first-order chi connectivity index (χ1) is 18.5. The van der Waals surface area contributed by atoms with E-state index in [0.29, 0.717) is 22.9 Å². The van der Waals surface area contributed by atoms with Crippen LogP contribution in [0.15, 0.2) is 36.4 Å². The highest BCUT2D eigenvalue weighted by atomic mass is 32.1. The van der Waals surface area contributed by atoms with Crippen LogP contribution < -0.4 is 20.4 Å². The second-order valence-corrected chi connectivity index (χ2v) is 12.1. The number of aromatic nitrogens is 2. The fourth-order valence-corrected chi connectivity index (χ4v) is 6.63. The van der Waals surface area contributed by atoms with Gasteiger partial charge in [-0.25, -0.2) is 0 Å². The lowest BCUT2D eigenvalue weighted by molar-refractivity contribution is 0.0515. The molecule has 0 aliphatic carbocycles. The first-order valence-corrected chi connectivity index (χ1v) is 15.0. The van der Waals surface area contributed by atoms with Gasteiger partial charge in [-0.15, -0.1) is 0 Å². The van der Waals surface area contributed by atoms with Crippen LogP contribution in [0, 0.1) is 11.8 Å². The zero-order chi connectivity index (χ0) is 26.4. The Labute approximate surface area is 233 Å². The third kappa shape index (κ3) is 6.75. The van der Waals surface area contributed by atoms with Crippen molar-refractivity contribution in [2.45, 2.75) is 64.2 Å². The Morgan fingerprint density at radius 3 is 2.24 bits per heavy atom. The zero-order valence-corrected chi connectivity index (χ0v) is 23.9. The van der Waals surface area contributed by atoms with Crippen LogP contribution in [-0.4, -0.2) is 61.0 Å². The van der Waals surface area contributed by atoms with E-state index in [1.165, 1.54) is 37.7 Å². The van der Waals surface area contributed by atoms with Gasteiger partial charge in [-0.1, -0.05) is 57.0 Å². The summed E-state index contributed by atoms with van der Waals surface area (Å²) in [6.07, 6.45) is 8.24. The summed E-state index contributed by atoms with van der Waals surface area (Å²) in [4.78, 5) is 14.8. The van der Waals surface area contributed by atoms with Crippen molar-refractivity contribution in [3.05, 3.63) is 42.0 Å². The van der Waals surface area contributed by atoms with Crippen molar-refractivity contribution < 1.29 is 4.74 Å². The maximum absolute atomic E-state index is 5.80. The zero-order valence-electron chi connectivity index (χ0n) is 23.1. The Balaban J connectivity index is 1.34. The number of hydrogen-bond acceptors (Lipinski definition) is 6. The number of ether oxygens (including phenoxy) is 1. The van der Waals surface area contributed by atoms with E-state index in [0.717, 1.165) is 70.4 Å². The summed E-state index contributed by atoms with van der Waals surface area (Å²) in [5, 5.41) is 7.46. The quantitative estimate of drug-likeness (QED) is 0.478. The summed E-state index contributed by atoms with van der Waals surface area (Å²) >= 11 is 5.80. The molecule has 3 fully saturated rings. The van der Waals surface area contributed by atoms with Crippen LogP contribution >= 0.6 is 12.2 Å². The highest BCUT2D eigenvalue weighted by Gasteiger charge is 2.34. The van der Waals surface area contributed by atoms with Gasteiger partial charge in [-0.3, -0.25) is 0 Å². The number of anilines is 3. The Morgan fingerprint density at radius 2 is 1.58 bits per heavy atom. The van der Waals surface area contributed by atoms with Gasteiger partial charge in [0.25, 0.3) is 0 Å². The molecule has 0 unspecified atom stereocenters. The molecule has 0 amide bonds. The van der Waals surface area contributed by atoms with Crippen molar-refractivity contribution in [1.82, 2.24) is 15.3 Å². The molecule has 3 saturated heterocycles. The highest BCUT2D eigenvalue weighted by Crippen LogP contribution is 2.34. The lowest BCUT2D eigenvalue weighted by atomic mass is 9.74. The minimum atomic E-state index is 0.00520. The topological polar surface area (TPSA) is 65.5 Å². The summed E-state index contributed by atoms with van der Waals surface area (Å²) in [5.74, 6) is 3.92. The monoisotopic (exact) mass is 536 g/mol. The van der Waals surface area contributed by atoms with Crippen LogP contribution in [0.2, 0.25) is 0 Å². The van der Waals surface area contributed by atoms with E-state index in [1.807, 2.05) is 0 Å². The van der Waals surface area contributed by atoms with Gasteiger partial charge in [0.2, 0.25) is 5.95 Å². The van der Waals surface area contributed by atoms with Crippen LogP contribution in [0.3, 0.4) is 0 Å². The van der Waals surface area contributed by atoms with Gasteiger partial charge >= 0.3 is 0 Å².